The monoisotopic (exact) mass is 470 g/mol. The Balaban J connectivity index is 1.24. The van der Waals surface area contributed by atoms with E-state index in [1.54, 1.807) is 42.1 Å². The minimum atomic E-state index is -0.495. The van der Waals surface area contributed by atoms with Crippen LogP contribution in [-0.4, -0.2) is 10.7 Å². The molecule has 1 N–H and O–H groups in total. The topological polar surface area (TPSA) is 94.6 Å². The van der Waals surface area contributed by atoms with Crippen molar-refractivity contribution in [3.63, 3.8) is 0 Å². The van der Waals surface area contributed by atoms with Gasteiger partial charge in [0, 0.05) is 21.4 Å². The smallest absolute Gasteiger partial charge is 0.310 e. The van der Waals surface area contributed by atoms with E-state index < -0.39 is 4.92 Å². The van der Waals surface area contributed by atoms with Gasteiger partial charge >= 0.3 is 5.69 Å². The Kier molecular flexibility index (Phi) is 5.88. The second-order valence-electron chi connectivity index (χ2n) is 7.45. The summed E-state index contributed by atoms with van der Waals surface area (Å²) in [5.41, 5.74) is 2.37. The predicted octanol–water partition coefficient (Wildman–Crippen LogP) is 6.87. The number of furan rings is 1. The normalized spacial score (nSPS) is 12.0. The number of nitrogens with one attached hydrogen (secondary N) is 1. The highest BCUT2D eigenvalue weighted by Crippen LogP contribution is 2.44. The van der Waals surface area contributed by atoms with E-state index in [2.05, 4.69) is 11.4 Å². The lowest BCUT2D eigenvalue weighted by molar-refractivity contribution is -0.386. The maximum Gasteiger partial charge on any atom is 0.310 e. The Morgan fingerprint density at radius 2 is 1.79 bits per heavy atom. The van der Waals surface area contributed by atoms with Crippen LogP contribution in [0.2, 0.25) is 0 Å². The molecule has 0 bridgehead atoms. The van der Waals surface area contributed by atoms with Crippen molar-refractivity contribution >= 4 is 40.7 Å². The number of carbonyl (C=O) groups excluding carboxylic acids is 1. The van der Waals surface area contributed by atoms with Gasteiger partial charge in [-0.2, -0.15) is 0 Å². The van der Waals surface area contributed by atoms with Crippen LogP contribution in [-0.2, 0) is 6.61 Å². The van der Waals surface area contributed by atoms with Crippen LogP contribution in [0.25, 0.3) is 6.08 Å². The maximum absolute atomic E-state index is 12.7. The summed E-state index contributed by atoms with van der Waals surface area (Å²) in [7, 11) is 0. The van der Waals surface area contributed by atoms with E-state index in [9.17, 15) is 14.9 Å². The number of carbonyl (C=O) groups is 1. The van der Waals surface area contributed by atoms with E-state index in [0.29, 0.717) is 17.1 Å². The number of rotatable bonds is 7. The molecule has 8 heteroatoms. The number of ketones is 1. The first-order chi connectivity index (χ1) is 16.6. The molecule has 2 heterocycles. The third-order valence-electron chi connectivity index (χ3n) is 5.15. The number of anilines is 2. The molecular weight excluding hydrogens is 452 g/mol. The molecule has 0 spiro atoms. The van der Waals surface area contributed by atoms with Crippen molar-refractivity contribution in [3.8, 4) is 5.75 Å². The van der Waals surface area contributed by atoms with Crippen molar-refractivity contribution in [2.24, 2.45) is 0 Å². The van der Waals surface area contributed by atoms with E-state index in [1.165, 1.54) is 18.2 Å². The number of allylic oxidation sites excluding steroid dienone is 1. The molecule has 0 amide bonds. The third kappa shape index (κ3) is 4.57. The number of ether oxygens (including phenoxy) is 1. The largest absolute Gasteiger partial charge is 0.479 e. The van der Waals surface area contributed by atoms with Gasteiger partial charge in [0.1, 0.15) is 18.1 Å². The second-order valence-corrected chi connectivity index (χ2v) is 8.53. The molecule has 3 aromatic carbocycles. The molecule has 0 aliphatic carbocycles. The van der Waals surface area contributed by atoms with E-state index >= 15 is 0 Å². The van der Waals surface area contributed by atoms with Crippen molar-refractivity contribution in [1.82, 2.24) is 0 Å². The highest BCUT2D eigenvalue weighted by atomic mass is 32.2. The quantitative estimate of drug-likeness (QED) is 0.120. The Labute approximate surface area is 199 Å². The lowest BCUT2D eigenvalue weighted by Gasteiger charge is -2.20. The zero-order valence-corrected chi connectivity index (χ0v) is 18.6. The fraction of sp³-hybridized carbons (Fsp3) is 0.0385. The SMILES string of the molecule is O=C(/C=C/c1ccc(COc2ccccc2[N+](=O)[O-])o1)c1ccc2c(c1)Nc1ccccc1S2. The first-order valence-electron chi connectivity index (χ1n) is 10.4. The number of benzene rings is 3. The average molecular weight is 471 g/mol. The Bertz CT molecular complexity index is 1430. The first-order valence-corrected chi connectivity index (χ1v) is 11.2. The van der Waals surface area contributed by atoms with Gasteiger partial charge in [0.25, 0.3) is 0 Å². The summed E-state index contributed by atoms with van der Waals surface area (Å²) in [5.74, 6) is 0.981. The summed E-state index contributed by atoms with van der Waals surface area (Å²) in [5, 5.41) is 14.5. The molecule has 4 aromatic rings. The first kappa shape index (κ1) is 21.5. The molecule has 5 rings (SSSR count). The predicted molar refractivity (Wildman–Crippen MR) is 130 cm³/mol. The number of fused-ring (bicyclic) bond motifs is 2. The number of nitro benzene ring substituents is 1. The van der Waals surface area contributed by atoms with Crippen LogP contribution in [0, 0.1) is 10.1 Å². The lowest BCUT2D eigenvalue weighted by atomic mass is 10.1. The van der Waals surface area contributed by atoms with Gasteiger partial charge < -0.3 is 14.5 Å². The van der Waals surface area contributed by atoms with Crippen LogP contribution in [0.15, 0.2) is 99.1 Å². The van der Waals surface area contributed by atoms with Crippen LogP contribution in [0.1, 0.15) is 21.9 Å². The summed E-state index contributed by atoms with van der Waals surface area (Å²) in [6.07, 6.45) is 3.05. The molecule has 34 heavy (non-hydrogen) atoms. The van der Waals surface area contributed by atoms with Crippen molar-refractivity contribution in [2.75, 3.05) is 5.32 Å². The summed E-state index contributed by atoms with van der Waals surface area (Å²) >= 11 is 1.67. The zero-order valence-electron chi connectivity index (χ0n) is 17.8. The fourth-order valence-electron chi connectivity index (χ4n) is 3.49. The number of nitrogens with zero attached hydrogens (tertiary/aromatic N) is 1. The molecule has 0 radical (unpaired) electrons. The molecule has 0 saturated carbocycles. The summed E-state index contributed by atoms with van der Waals surface area (Å²) in [6, 6.07) is 23.2. The standard InChI is InChI=1S/C26H18N2O5S/c29-23(17-9-14-26-21(15-17)27-20-5-1-4-8-25(20)34-26)13-12-18-10-11-19(33-18)16-32-24-7-3-2-6-22(24)28(30)31/h1-15,27H,16H2/b13-12+. The van der Waals surface area contributed by atoms with Crippen molar-refractivity contribution in [1.29, 1.82) is 0 Å². The number of para-hydroxylation sites is 3. The number of hydrogen-bond donors (Lipinski definition) is 1. The van der Waals surface area contributed by atoms with Crippen LogP contribution in [0.5, 0.6) is 5.75 Å². The Morgan fingerprint density at radius 3 is 2.68 bits per heavy atom. The van der Waals surface area contributed by atoms with Crippen LogP contribution >= 0.6 is 11.8 Å². The molecule has 0 atom stereocenters. The molecule has 0 fully saturated rings. The van der Waals surface area contributed by atoms with Crippen molar-refractivity contribution in [2.45, 2.75) is 16.4 Å². The molecular formula is C26H18N2O5S. The van der Waals surface area contributed by atoms with E-state index in [1.807, 2.05) is 36.4 Å². The van der Waals surface area contributed by atoms with Gasteiger partial charge in [-0.1, -0.05) is 36.0 Å². The number of nitro groups is 1. The Morgan fingerprint density at radius 1 is 1.00 bits per heavy atom. The minimum absolute atomic E-state index is 0.0300. The summed E-state index contributed by atoms with van der Waals surface area (Å²) < 4.78 is 11.2. The Hall–Kier alpha value is -4.30. The molecule has 1 aromatic heterocycles. The highest BCUT2D eigenvalue weighted by molar-refractivity contribution is 7.99. The lowest BCUT2D eigenvalue weighted by Crippen LogP contribution is -2.02. The summed E-state index contributed by atoms with van der Waals surface area (Å²) in [4.78, 5) is 25.5. The molecule has 7 nitrogen and oxygen atoms in total. The van der Waals surface area contributed by atoms with Crippen molar-refractivity contribution in [3.05, 3.63) is 112 Å². The van der Waals surface area contributed by atoms with Gasteiger partial charge in [0.2, 0.25) is 0 Å². The van der Waals surface area contributed by atoms with E-state index in [4.69, 9.17) is 9.15 Å². The molecule has 0 unspecified atom stereocenters. The zero-order chi connectivity index (χ0) is 23.5. The summed E-state index contributed by atoms with van der Waals surface area (Å²) in [6.45, 7) is 0.0300. The van der Waals surface area contributed by atoms with Gasteiger partial charge in [-0.3, -0.25) is 14.9 Å². The minimum Gasteiger partial charge on any atom is -0.479 e. The van der Waals surface area contributed by atoms with Crippen LogP contribution in [0.4, 0.5) is 17.1 Å². The van der Waals surface area contributed by atoms with Crippen LogP contribution in [0.3, 0.4) is 0 Å². The number of hydrogen-bond acceptors (Lipinski definition) is 7. The molecule has 1 aliphatic heterocycles. The van der Waals surface area contributed by atoms with Gasteiger partial charge in [-0.25, -0.2) is 0 Å². The average Bonchev–Trinajstić information content (AvgIpc) is 3.32. The van der Waals surface area contributed by atoms with Crippen LogP contribution < -0.4 is 10.1 Å². The van der Waals surface area contributed by atoms with Gasteiger partial charge in [0.15, 0.2) is 11.5 Å². The van der Waals surface area contributed by atoms with E-state index in [0.717, 1.165) is 21.2 Å². The fourth-order valence-corrected chi connectivity index (χ4v) is 4.46. The molecule has 0 saturated heterocycles. The third-order valence-corrected chi connectivity index (χ3v) is 6.31. The van der Waals surface area contributed by atoms with Gasteiger partial charge in [-0.05, 0) is 60.7 Å². The maximum atomic E-state index is 12.7. The second kappa shape index (κ2) is 9.29. The van der Waals surface area contributed by atoms with Crippen molar-refractivity contribution < 1.29 is 18.9 Å². The molecule has 1 aliphatic rings. The van der Waals surface area contributed by atoms with Gasteiger partial charge in [-0.15, -0.1) is 0 Å². The van der Waals surface area contributed by atoms with E-state index in [-0.39, 0.29) is 23.8 Å². The van der Waals surface area contributed by atoms with Gasteiger partial charge in [0.05, 0.1) is 16.3 Å². The highest BCUT2D eigenvalue weighted by Gasteiger charge is 2.17. The molecule has 168 valence electrons.